The molecule has 0 saturated heterocycles. The van der Waals surface area contributed by atoms with Gasteiger partial charge in [0.05, 0.1) is 6.61 Å². The van der Waals surface area contributed by atoms with Crippen molar-refractivity contribution in [3.63, 3.8) is 0 Å². The third kappa shape index (κ3) is 4.87. The highest BCUT2D eigenvalue weighted by molar-refractivity contribution is 5.28. The zero-order valence-corrected chi connectivity index (χ0v) is 10.1. The van der Waals surface area contributed by atoms with E-state index in [-0.39, 0.29) is 0 Å². The molecule has 0 bridgehead atoms. The van der Waals surface area contributed by atoms with Crippen LogP contribution in [0.4, 0.5) is 0 Å². The zero-order valence-electron chi connectivity index (χ0n) is 10.1. The first-order chi connectivity index (χ1) is 7.22. The van der Waals surface area contributed by atoms with Gasteiger partial charge in [-0.05, 0) is 43.4 Å². The average molecular weight is 206 g/mol. The zero-order chi connectivity index (χ0) is 11.1. The third-order valence-corrected chi connectivity index (χ3v) is 2.46. The molecule has 1 nitrogen and oxygen atoms in total. The van der Waals surface area contributed by atoms with Crippen molar-refractivity contribution in [2.75, 3.05) is 6.61 Å². The Morgan fingerprint density at radius 3 is 2.73 bits per heavy atom. The number of rotatable bonds is 6. The summed E-state index contributed by atoms with van der Waals surface area (Å²) in [5.74, 6) is 1.81. The maximum absolute atomic E-state index is 5.47. The van der Waals surface area contributed by atoms with Crippen molar-refractivity contribution in [1.29, 1.82) is 0 Å². The fraction of sp³-hybridized carbons (Fsp3) is 0.571. The molecule has 0 aliphatic carbocycles. The molecule has 0 unspecified atom stereocenters. The van der Waals surface area contributed by atoms with Crippen molar-refractivity contribution >= 4 is 0 Å². The molecule has 0 amide bonds. The van der Waals surface area contributed by atoms with Crippen LogP contribution in [0.1, 0.15) is 39.2 Å². The lowest BCUT2D eigenvalue weighted by atomic mass is 10.0. The molecule has 0 aliphatic heterocycles. The summed E-state index contributed by atoms with van der Waals surface area (Å²) in [6.45, 7) is 7.31. The molecule has 1 aromatic carbocycles. The molecule has 84 valence electrons. The molecule has 0 aromatic heterocycles. The quantitative estimate of drug-likeness (QED) is 0.682. The van der Waals surface area contributed by atoms with E-state index in [1.165, 1.54) is 24.8 Å². The number of benzene rings is 1. The molecular weight excluding hydrogens is 184 g/mol. The molecule has 0 aliphatic rings. The minimum absolute atomic E-state index is 0.745. The van der Waals surface area contributed by atoms with E-state index >= 15 is 0 Å². The van der Waals surface area contributed by atoms with Crippen molar-refractivity contribution in [2.24, 2.45) is 5.92 Å². The maximum atomic E-state index is 5.47. The molecule has 0 atom stereocenters. The second-order valence-electron chi connectivity index (χ2n) is 4.37. The molecule has 15 heavy (non-hydrogen) atoms. The summed E-state index contributed by atoms with van der Waals surface area (Å²) in [6.07, 6.45) is 3.74. The second-order valence-corrected chi connectivity index (χ2v) is 4.37. The Balaban J connectivity index is 2.43. The Morgan fingerprint density at radius 1 is 1.27 bits per heavy atom. The van der Waals surface area contributed by atoms with Crippen LogP contribution in [0.25, 0.3) is 0 Å². The predicted molar refractivity (Wildman–Crippen MR) is 65.4 cm³/mol. The summed E-state index contributed by atoms with van der Waals surface area (Å²) in [6, 6.07) is 8.44. The van der Waals surface area contributed by atoms with Crippen LogP contribution in [-0.4, -0.2) is 6.61 Å². The smallest absolute Gasteiger partial charge is 0.119 e. The van der Waals surface area contributed by atoms with Crippen LogP contribution >= 0.6 is 0 Å². The molecule has 0 N–H and O–H groups in total. The van der Waals surface area contributed by atoms with Crippen LogP contribution in [0.5, 0.6) is 5.75 Å². The molecule has 1 rings (SSSR count). The van der Waals surface area contributed by atoms with Crippen LogP contribution < -0.4 is 4.74 Å². The first kappa shape index (κ1) is 12.1. The van der Waals surface area contributed by atoms with E-state index in [1.807, 2.05) is 13.0 Å². The van der Waals surface area contributed by atoms with Crippen molar-refractivity contribution < 1.29 is 4.74 Å². The molecule has 1 heteroatoms. The summed E-state index contributed by atoms with van der Waals surface area (Å²) in [5.41, 5.74) is 1.39. The van der Waals surface area contributed by atoms with E-state index in [0.717, 1.165) is 18.3 Å². The minimum Gasteiger partial charge on any atom is -0.494 e. The van der Waals surface area contributed by atoms with Gasteiger partial charge in [0.1, 0.15) is 5.75 Å². The topological polar surface area (TPSA) is 9.23 Å². The lowest BCUT2D eigenvalue weighted by Crippen LogP contribution is -1.94. The lowest BCUT2D eigenvalue weighted by molar-refractivity contribution is 0.340. The van der Waals surface area contributed by atoms with Crippen LogP contribution in [0, 0.1) is 5.92 Å². The van der Waals surface area contributed by atoms with Crippen LogP contribution in [0.2, 0.25) is 0 Å². The van der Waals surface area contributed by atoms with Crippen molar-refractivity contribution in [3.8, 4) is 5.75 Å². The average Bonchev–Trinajstić information content (AvgIpc) is 2.18. The standard InChI is InChI=1S/C14H22O/c1-4-15-14-10-6-9-13(11-14)8-5-7-12(2)3/h6,9-12H,4-5,7-8H2,1-3H3. The van der Waals surface area contributed by atoms with E-state index in [0.29, 0.717) is 0 Å². The van der Waals surface area contributed by atoms with Crippen LogP contribution in [0.15, 0.2) is 24.3 Å². The Kier molecular flexibility index (Phi) is 5.23. The second kappa shape index (κ2) is 6.49. The molecular formula is C14H22O. The van der Waals surface area contributed by atoms with E-state index < -0.39 is 0 Å². The highest BCUT2D eigenvalue weighted by Crippen LogP contribution is 2.16. The highest BCUT2D eigenvalue weighted by Gasteiger charge is 1.98. The predicted octanol–water partition coefficient (Wildman–Crippen LogP) is 4.06. The summed E-state index contributed by atoms with van der Waals surface area (Å²) in [7, 11) is 0. The summed E-state index contributed by atoms with van der Waals surface area (Å²) in [4.78, 5) is 0. The summed E-state index contributed by atoms with van der Waals surface area (Å²) < 4.78 is 5.47. The largest absolute Gasteiger partial charge is 0.494 e. The molecule has 0 saturated carbocycles. The van der Waals surface area contributed by atoms with Gasteiger partial charge in [-0.2, -0.15) is 0 Å². The first-order valence-corrected chi connectivity index (χ1v) is 5.94. The van der Waals surface area contributed by atoms with E-state index in [2.05, 4.69) is 32.0 Å². The monoisotopic (exact) mass is 206 g/mol. The summed E-state index contributed by atoms with van der Waals surface area (Å²) in [5, 5.41) is 0. The number of hydrogen-bond donors (Lipinski definition) is 0. The van der Waals surface area contributed by atoms with Crippen LogP contribution in [-0.2, 0) is 6.42 Å². The third-order valence-electron chi connectivity index (χ3n) is 2.46. The Morgan fingerprint density at radius 2 is 2.07 bits per heavy atom. The van der Waals surface area contributed by atoms with E-state index in [9.17, 15) is 0 Å². The number of hydrogen-bond acceptors (Lipinski definition) is 1. The normalized spacial score (nSPS) is 10.7. The molecule has 0 heterocycles. The minimum atomic E-state index is 0.745. The Hall–Kier alpha value is -0.980. The molecule has 0 radical (unpaired) electrons. The van der Waals surface area contributed by atoms with Crippen molar-refractivity contribution in [2.45, 2.75) is 40.0 Å². The van der Waals surface area contributed by atoms with Gasteiger partial charge in [0.25, 0.3) is 0 Å². The maximum Gasteiger partial charge on any atom is 0.119 e. The van der Waals surface area contributed by atoms with Gasteiger partial charge < -0.3 is 4.74 Å². The SMILES string of the molecule is CCOc1cccc(CCCC(C)C)c1. The van der Waals surface area contributed by atoms with Gasteiger partial charge in [0.2, 0.25) is 0 Å². The molecule has 1 aromatic rings. The van der Waals surface area contributed by atoms with E-state index in [1.54, 1.807) is 0 Å². The fourth-order valence-electron chi connectivity index (χ4n) is 1.67. The van der Waals surface area contributed by atoms with Crippen molar-refractivity contribution in [3.05, 3.63) is 29.8 Å². The van der Waals surface area contributed by atoms with Gasteiger partial charge in [0.15, 0.2) is 0 Å². The summed E-state index contributed by atoms with van der Waals surface area (Å²) >= 11 is 0. The van der Waals surface area contributed by atoms with Crippen molar-refractivity contribution in [1.82, 2.24) is 0 Å². The fourth-order valence-corrected chi connectivity index (χ4v) is 1.67. The molecule has 0 spiro atoms. The van der Waals surface area contributed by atoms with E-state index in [4.69, 9.17) is 4.74 Å². The first-order valence-electron chi connectivity index (χ1n) is 5.94. The number of aryl methyl sites for hydroxylation is 1. The number of ether oxygens (including phenoxy) is 1. The molecule has 0 fully saturated rings. The highest BCUT2D eigenvalue weighted by atomic mass is 16.5. The van der Waals surface area contributed by atoms with Crippen LogP contribution in [0.3, 0.4) is 0 Å². The van der Waals surface area contributed by atoms with Gasteiger partial charge in [-0.25, -0.2) is 0 Å². The Bertz CT molecular complexity index is 278. The van der Waals surface area contributed by atoms with Gasteiger partial charge in [-0.3, -0.25) is 0 Å². The lowest BCUT2D eigenvalue weighted by Gasteiger charge is -2.07. The van der Waals surface area contributed by atoms with Gasteiger partial charge >= 0.3 is 0 Å². The van der Waals surface area contributed by atoms with Gasteiger partial charge in [0, 0.05) is 0 Å². The van der Waals surface area contributed by atoms with Gasteiger partial charge in [-0.1, -0.05) is 32.4 Å². The van der Waals surface area contributed by atoms with Gasteiger partial charge in [-0.15, -0.1) is 0 Å². The Labute approximate surface area is 93.5 Å².